The van der Waals surface area contributed by atoms with Crippen LogP contribution in [0.1, 0.15) is 27.8 Å². The highest BCUT2D eigenvalue weighted by Gasteiger charge is 2.24. The molecule has 56 heavy (non-hydrogen) atoms. The summed E-state index contributed by atoms with van der Waals surface area (Å²) in [6.45, 7) is 8.57. The number of nitrogens with zero attached hydrogens (tertiary/aromatic N) is 5. The quantitative estimate of drug-likeness (QED) is 0.178. The van der Waals surface area contributed by atoms with Gasteiger partial charge < -0.3 is 9.13 Å². The molecule has 0 saturated heterocycles. The maximum atomic E-state index is 11.1. The third-order valence-electron chi connectivity index (χ3n) is 11.0. The van der Waals surface area contributed by atoms with Crippen LogP contribution in [0.4, 0.5) is 0 Å². The summed E-state index contributed by atoms with van der Waals surface area (Å²) in [4.78, 5) is 10.4. The lowest BCUT2D eigenvalue weighted by atomic mass is 10.0. The number of rotatable bonds is 5. The first-order valence-electron chi connectivity index (χ1n) is 19.0. The molecule has 3 aromatic heterocycles. The molecule has 0 amide bonds. The summed E-state index contributed by atoms with van der Waals surface area (Å²) in [6.07, 6.45) is 0. The summed E-state index contributed by atoms with van der Waals surface area (Å²) in [5.74, 6) is 0.496. The van der Waals surface area contributed by atoms with Crippen molar-refractivity contribution in [2.75, 3.05) is 0 Å². The second-order valence-electron chi connectivity index (χ2n) is 14.9. The Labute approximate surface area is 325 Å². The Morgan fingerprint density at radius 1 is 0.429 bits per heavy atom. The van der Waals surface area contributed by atoms with Gasteiger partial charge in [-0.1, -0.05) is 107 Å². The van der Waals surface area contributed by atoms with Crippen LogP contribution >= 0.6 is 0 Å². The van der Waals surface area contributed by atoms with Crippen molar-refractivity contribution in [3.63, 3.8) is 0 Å². The van der Waals surface area contributed by atoms with Crippen molar-refractivity contribution >= 4 is 43.6 Å². The SMILES string of the molecule is Cc1ccc2c(c1)c1cc(C)ccc1n2-c1cc(C#N)c(-c2nc(-c3ccccc3)cc(-c3ccccc3)n2)cc1-n1c2ccc(C)cc2c2cc(C)ccc21. The van der Waals surface area contributed by atoms with E-state index in [1.165, 1.54) is 43.8 Å². The van der Waals surface area contributed by atoms with Gasteiger partial charge >= 0.3 is 0 Å². The molecule has 0 bridgehead atoms. The highest BCUT2D eigenvalue weighted by Crippen LogP contribution is 2.42. The molecular formula is C51H37N5. The lowest BCUT2D eigenvalue weighted by molar-refractivity contribution is 1.09. The Bertz CT molecular complexity index is 3060. The van der Waals surface area contributed by atoms with Crippen LogP contribution in [0, 0.1) is 39.0 Å². The van der Waals surface area contributed by atoms with Crippen LogP contribution in [-0.2, 0) is 0 Å². The molecule has 0 unspecified atom stereocenters. The van der Waals surface area contributed by atoms with Gasteiger partial charge in [-0.3, -0.25) is 0 Å². The smallest absolute Gasteiger partial charge is 0.161 e. The Morgan fingerprint density at radius 3 is 1.18 bits per heavy atom. The first-order valence-corrected chi connectivity index (χ1v) is 19.0. The van der Waals surface area contributed by atoms with Crippen molar-refractivity contribution in [1.82, 2.24) is 19.1 Å². The van der Waals surface area contributed by atoms with Gasteiger partial charge in [0, 0.05) is 38.2 Å². The third-order valence-corrected chi connectivity index (χ3v) is 11.0. The van der Waals surface area contributed by atoms with Crippen molar-refractivity contribution in [3.8, 4) is 51.3 Å². The number of hydrogen-bond donors (Lipinski definition) is 0. The fraction of sp³-hybridized carbons (Fsp3) is 0.0784. The van der Waals surface area contributed by atoms with Crippen molar-refractivity contribution < 1.29 is 0 Å². The standard InChI is InChI=1S/C51H37N5/c1-31-15-19-45-39(23-31)40-24-32(2)16-20-46(40)55(45)49-27-37(30-52)38(28-50(49)56-47-21-17-33(3)25-41(47)42-26-34(4)18-22-48(42)56)51-53-43(35-11-7-5-8-12-35)29-44(54-51)36-13-9-6-10-14-36/h5-29H,1-4H3. The number of aryl methyl sites for hydroxylation is 4. The molecule has 0 aliphatic carbocycles. The minimum atomic E-state index is 0.495. The van der Waals surface area contributed by atoms with E-state index < -0.39 is 0 Å². The zero-order chi connectivity index (χ0) is 38.1. The molecule has 266 valence electrons. The van der Waals surface area contributed by atoms with E-state index in [0.717, 1.165) is 56.0 Å². The average molecular weight is 720 g/mol. The van der Waals surface area contributed by atoms with Crippen LogP contribution in [0.3, 0.4) is 0 Å². The minimum Gasteiger partial charge on any atom is -0.307 e. The Kier molecular flexibility index (Phi) is 7.69. The molecule has 0 aliphatic rings. The van der Waals surface area contributed by atoms with Crippen molar-refractivity contribution in [1.29, 1.82) is 5.26 Å². The van der Waals surface area contributed by atoms with Crippen molar-refractivity contribution in [3.05, 3.63) is 179 Å². The predicted molar refractivity (Wildman–Crippen MR) is 231 cm³/mol. The molecule has 0 N–H and O–H groups in total. The van der Waals surface area contributed by atoms with Gasteiger partial charge in [0.1, 0.15) is 0 Å². The molecule has 5 nitrogen and oxygen atoms in total. The van der Waals surface area contributed by atoms with Crippen LogP contribution in [0.2, 0.25) is 0 Å². The van der Waals surface area contributed by atoms with E-state index in [-0.39, 0.29) is 0 Å². The molecule has 7 aromatic carbocycles. The molecule has 10 aromatic rings. The predicted octanol–water partition coefficient (Wildman–Crippen LogP) is 12.8. The van der Waals surface area contributed by atoms with E-state index >= 15 is 0 Å². The molecule has 5 heteroatoms. The van der Waals surface area contributed by atoms with E-state index in [0.29, 0.717) is 17.0 Å². The number of fused-ring (bicyclic) bond motifs is 6. The largest absolute Gasteiger partial charge is 0.307 e. The Hall–Kier alpha value is -7.29. The fourth-order valence-corrected chi connectivity index (χ4v) is 8.31. The van der Waals surface area contributed by atoms with Gasteiger partial charge in [0.05, 0.1) is 56.5 Å². The van der Waals surface area contributed by atoms with Gasteiger partial charge in [-0.2, -0.15) is 5.26 Å². The van der Waals surface area contributed by atoms with Gasteiger partial charge in [-0.05, 0) is 94.4 Å². The maximum Gasteiger partial charge on any atom is 0.161 e. The molecule has 0 radical (unpaired) electrons. The molecule has 0 aliphatic heterocycles. The maximum absolute atomic E-state index is 11.1. The van der Waals surface area contributed by atoms with E-state index in [9.17, 15) is 5.26 Å². The minimum absolute atomic E-state index is 0.495. The van der Waals surface area contributed by atoms with E-state index in [1.54, 1.807) is 0 Å². The molecule has 0 saturated carbocycles. The first kappa shape index (κ1) is 33.3. The Morgan fingerprint density at radius 2 is 0.804 bits per heavy atom. The molecule has 10 rings (SSSR count). The van der Waals surface area contributed by atoms with Crippen molar-refractivity contribution in [2.24, 2.45) is 0 Å². The van der Waals surface area contributed by atoms with E-state index in [2.05, 4.69) is 146 Å². The molecule has 0 atom stereocenters. The summed E-state index contributed by atoms with van der Waals surface area (Å²) < 4.78 is 4.70. The van der Waals surface area contributed by atoms with Crippen LogP contribution in [-0.4, -0.2) is 19.1 Å². The monoisotopic (exact) mass is 719 g/mol. The number of aromatic nitrogens is 4. The summed E-state index contributed by atoms with van der Waals surface area (Å²) >= 11 is 0. The van der Waals surface area contributed by atoms with Crippen LogP contribution in [0.25, 0.3) is 88.9 Å². The number of hydrogen-bond acceptors (Lipinski definition) is 3. The van der Waals surface area contributed by atoms with Crippen molar-refractivity contribution in [2.45, 2.75) is 27.7 Å². The van der Waals surface area contributed by atoms with Gasteiger partial charge in [-0.25, -0.2) is 9.97 Å². The summed E-state index contributed by atoms with van der Waals surface area (Å²) in [7, 11) is 0. The second kappa shape index (κ2) is 12.9. The summed E-state index contributed by atoms with van der Waals surface area (Å²) in [5.41, 5.74) is 15.7. The lowest BCUT2D eigenvalue weighted by Crippen LogP contribution is -2.06. The van der Waals surface area contributed by atoms with Gasteiger partial charge in [-0.15, -0.1) is 0 Å². The van der Waals surface area contributed by atoms with Crippen LogP contribution < -0.4 is 0 Å². The summed E-state index contributed by atoms with van der Waals surface area (Å²) in [6, 6.07) is 55.8. The lowest BCUT2D eigenvalue weighted by Gasteiger charge is -2.19. The van der Waals surface area contributed by atoms with Gasteiger partial charge in [0.15, 0.2) is 5.82 Å². The normalized spacial score (nSPS) is 11.6. The van der Waals surface area contributed by atoms with Crippen LogP contribution in [0.5, 0.6) is 0 Å². The Balaban J connectivity index is 1.36. The second-order valence-corrected chi connectivity index (χ2v) is 14.9. The van der Waals surface area contributed by atoms with E-state index in [1.807, 2.05) is 48.5 Å². The highest BCUT2D eigenvalue weighted by atomic mass is 15.1. The number of nitriles is 1. The fourth-order valence-electron chi connectivity index (χ4n) is 8.31. The topological polar surface area (TPSA) is 59.4 Å². The third kappa shape index (κ3) is 5.38. The first-order chi connectivity index (χ1) is 27.3. The van der Waals surface area contributed by atoms with E-state index in [4.69, 9.17) is 9.97 Å². The zero-order valence-electron chi connectivity index (χ0n) is 31.7. The molecule has 0 spiro atoms. The summed E-state index contributed by atoms with van der Waals surface area (Å²) in [5, 5.41) is 15.8. The molecule has 0 fully saturated rings. The van der Waals surface area contributed by atoms with Crippen LogP contribution in [0.15, 0.2) is 152 Å². The highest BCUT2D eigenvalue weighted by molar-refractivity contribution is 6.12. The van der Waals surface area contributed by atoms with Gasteiger partial charge in [0.25, 0.3) is 0 Å². The average Bonchev–Trinajstić information content (AvgIpc) is 3.71. The number of benzene rings is 7. The zero-order valence-corrected chi connectivity index (χ0v) is 31.7. The molecule has 3 heterocycles. The van der Waals surface area contributed by atoms with Gasteiger partial charge in [0.2, 0.25) is 0 Å². The molecular weight excluding hydrogens is 683 g/mol.